The van der Waals surface area contributed by atoms with E-state index in [-0.39, 0.29) is 0 Å². The maximum atomic E-state index is 6.10. The Morgan fingerprint density at radius 3 is 2.57 bits per heavy atom. The van der Waals surface area contributed by atoms with E-state index in [4.69, 9.17) is 4.74 Å². The van der Waals surface area contributed by atoms with Crippen molar-refractivity contribution in [3.63, 3.8) is 0 Å². The highest BCUT2D eigenvalue weighted by Gasteiger charge is 2.09. The summed E-state index contributed by atoms with van der Waals surface area (Å²) in [6.45, 7) is 13.5. The summed E-state index contributed by atoms with van der Waals surface area (Å²) >= 11 is 0. The number of pyridine rings is 1. The fourth-order valence-corrected chi connectivity index (χ4v) is 3.01. The van der Waals surface area contributed by atoms with E-state index < -0.39 is 0 Å². The van der Waals surface area contributed by atoms with Gasteiger partial charge >= 0.3 is 0 Å². The van der Waals surface area contributed by atoms with Crippen molar-refractivity contribution >= 4 is 17.5 Å². The summed E-state index contributed by atoms with van der Waals surface area (Å²) in [5.74, 6) is 0.667. The van der Waals surface area contributed by atoms with E-state index in [1.54, 1.807) is 6.20 Å². The molecule has 4 heteroatoms. The normalized spacial score (nSPS) is 12.6. The zero-order chi connectivity index (χ0) is 21.8. The number of nitrogens with zero attached hydrogens (tertiary/aromatic N) is 3. The van der Waals surface area contributed by atoms with Gasteiger partial charge in [0.25, 0.3) is 0 Å². The number of hydrogen-bond acceptors (Lipinski definition) is 4. The monoisotopic (exact) mass is 403 g/mol. The maximum absolute atomic E-state index is 6.10. The Morgan fingerprint density at radius 1 is 1.17 bits per heavy atom. The van der Waals surface area contributed by atoms with Crippen LogP contribution in [-0.4, -0.2) is 24.4 Å². The molecule has 30 heavy (non-hydrogen) atoms. The van der Waals surface area contributed by atoms with Crippen molar-refractivity contribution in [3.8, 4) is 0 Å². The van der Waals surface area contributed by atoms with Crippen LogP contribution in [-0.2, 0) is 11.2 Å². The second kappa shape index (κ2) is 12.4. The van der Waals surface area contributed by atoms with E-state index in [1.807, 2.05) is 43.6 Å². The molecule has 0 saturated carbocycles. The molecule has 1 aromatic heterocycles. The molecule has 1 aromatic carbocycles. The third-order valence-electron chi connectivity index (χ3n) is 4.96. The predicted molar refractivity (Wildman–Crippen MR) is 129 cm³/mol. The smallest absolute Gasteiger partial charge is 0.212 e. The second-order valence-electron chi connectivity index (χ2n) is 6.86. The first-order valence-electron chi connectivity index (χ1n) is 10.6. The molecule has 2 rings (SSSR count). The van der Waals surface area contributed by atoms with E-state index in [9.17, 15) is 0 Å². The number of aryl methyl sites for hydroxylation is 1. The molecule has 0 spiro atoms. The molecule has 4 nitrogen and oxygen atoms in total. The number of para-hydroxylation sites is 1. The lowest BCUT2D eigenvalue weighted by atomic mass is 10.1. The Bertz CT molecular complexity index is 898. The van der Waals surface area contributed by atoms with Gasteiger partial charge in [-0.05, 0) is 62.2 Å². The van der Waals surface area contributed by atoms with Crippen LogP contribution in [0.1, 0.15) is 45.4 Å². The van der Waals surface area contributed by atoms with E-state index in [1.165, 1.54) is 11.3 Å². The molecule has 0 fully saturated rings. The Morgan fingerprint density at radius 2 is 1.93 bits per heavy atom. The van der Waals surface area contributed by atoms with Gasteiger partial charge in [0.05, 0.1) is 12.2 Å². The number of rotatable bonds is 11. The van der Waals surface area contributed by atoms with Crippen LogP contribution in [0.3, 0.4) is 0 Å². The summed E-state index contributed by atoms with van der Waals surface area (Å²) in [5, 5.41) is 0. The standard InChI is InChI=1S/C26H33N3O/c1-6-21(5)26(28-20-23(8-3)24-15-12-13-17-27-24)30-19-18-29(9-4)25-16-11-10-14-22(25)7-2/h8-17,20H,4,6-7,18-19H2,1-3,5H3/b23-8+,26-21-,28-20-. The molecule has 0 radical (unpaired) electrons. The number of ether oxygens (including phenoxy) is 1. The molecular weight excluding hydrogens is 370 g/mol. The van der Waals surface area contributed by atoms with E-state index in [0.29, 0.717) is 19.0 Å². The highest BCUT2D eigenvalue weighted by molar-refractivity contribution is 6.09. The molecule has 0 atom stereocenters. The van der Waals surface area contributed by atoms with Gasteiger partial charge in [-0.3, -0.25) is 4.98 Å². The summed E-state index contributed by atoms with van der Waals surface area (Å²) < 4.78 is 6.10. The molecule has 0 aliphatic rings. The van der Waals surface area contributed by atoms with Crippen molar-refractivity contribution in [1.82, 2.24) is 4.98 Å². The predicted octanol–water partition coefficient (Wildman–Crippen LogP) is 6.43. The highest BCUT2D eigenvalue weighted by Crippen LogP contribution is 2.21. The minimum absolute atomic E-state index is 0.517. The zero-order valence-electron chi connectivity index (χ0n) is 18.6. The first-order valence-corrected chi connectivity index (χ1v) is 10.6. The average Bonchev–Trinajstić information content (AvgIpc) is 2.81. The van der Waals surface area contributed by atoms with Crippen LogP contribution >= 0.6 is 0 Å². The van der Waals surface area contributed by atoms with E-state index >= 15 is 0 Å². The summed E-state index contributed by atoms with van der Waals surface area (Å²) in [6.07, 6.45) is 9.34. The molecule has 0 aliphatic carbocycles. The zero-order valence-corrected chi connectivity index (χ0v) is 18.6. The Kier molecular flexibility index (Phi) is 9.59. The molecule has 0 aliphatic heterocycles. The number of benzene rings is 1. The fraction of sp³-hybridized carbons (Fsp3) is 0.308. The molecule has 0 bridgehead atoms. The number of aliphatic imine (C=N–C) groups is 1. The number of allylic oxidation sites excluding steroid dienone is 3. The van der Waals surface area contributed by atoms with Gasteiger partial charge in [-0.15, -0.1) is 0 Å². The largest absolute Gasteiger partial charge is 0.476 e. The lowest BCUT2D eigenvalue weighted by molar-refractivity contribution is 0.214. The van der Waals surface area contributed by atoms with Crippen molar-refractivity contribution in [2.75, 3.05) is 18.1 Å². The Hall–Kier alpha value is -3.14. The van der Waals surface area contributed by atoms with E-state index in [0.717, 1.165) is 29.7 Å². The molecule has 0 unspecified atom stereocenters. The van der Waals surface area contributed by atoms with Gasteiger partial charge in [0.2, 0.25) is 5.88 Å². The highest BCUT2D eigenvalue weighted by atomic mass is 16.5. The molecular formula is C26H33N3O. The topological polar surface area (TPSA) is 37.7 Å². The lowest BCUT2D eigenvalue weighted by Gasteiger charge is -2.23. The van der Waals surface area contributed by atoms with Crippen LogP contribution in [0.15, 0.2) is 84.0 Å². The van der Waals surface area contributed by atoms with Gasteiger partial charge in [-0.25, -0.2) is 4.99 Å². The Balaban J connectivity index is 2.09. The van der Waals surface area contributed by atoms with Crippen LogP contribution in [0.4, 0.5) is 5.69 Å². The second-order valence-corrected chi connectivity index (χ2v) is 6.86. The molecule has 0 amide bonds. The third kappa shape index (κ3) is 6.45. The van der Waals surface area contributed by atoms with Gasteiger partial charge in [-0.1, -0.05) is 50.8 Å². The van der Waals surface area contributed by atoms with Crippen molar-refractivity contribution < 1.29 is 4.74 Å². The quantitative estimate of drug-likeness (QED) is 0.321. The van der Waals surface area contributed by atoms with Crippen molar-refractivity contribution in [2.24, 2.45) is 4.99 Å². The van der Waals surface area contributed by atoms with Crippen LogP contribution in [0, 0.1) is 0 Å². The lowest BCUT2D eigenvalue weighted by Crippen LogP contribution is -2.22. The van der Waals surface area contributed by atoms with Crippen molar-refractivity contribution in [1.29, 1.82) is 0 Å². The Labute approximate surface area is 181 Å². The summed E-state index contributed by atoms with van der Waals surface area (Å²) in [7, 11) is 0. The minimum Gasteiger partial charge on any atom is -0.476 e. The van der Waals surface area contributed by atoms with Gasteiger partial charge < -0.3 is 9.64 Å². The van der Waals surface area contributed by atoms with Crippen LogP contribution < -0.4 is 4.90 Å². The summed E-state index contributed by atoms with van der Waals surface area (Å²) in [5.41, 5.74) is 5.44. The third-order valence-corrected chi connectivity index (χ3v) is 4.96. The number of anilines is 1. The number of hydrogen-bond donors (Lipinski definition) is 0. The first-order chi connectivity index (χ1) is 14.6. The SMILES string of the molecule is C=CN(CCOC(/N=C\C(=C/C)c1ccccn1)=C(/C)CC)c1ccccc1CC. The van der Waals surface area contributed by atoms with Gasteiger partial charge in [0, 0.05) is 23.7 Å². The molecule has 1 heterocycles. The summed E-state index contributed by atoms with van der Waals surface area (Å²) in [4.78, 5) is 11.2. The van der Waals surface area contributed by atoms with Crippen LogP contribution in [0.5, 0.6) is 0 Å². The number of aromatic nitrogens is 1. The van der Waals surface area contributed by atoms with Gasteiger partial charge in [0.15, 0.2) is 0 Å². The fourth-order valence-electron chi connectivity index (χ4n) is 3.01. The average molecular weight is 404 g/mol. The molecule has 158 valence electrons. The molecule has 2 aromatic rings. The van der Waals surface area contributed by atoms with Crippen molar-refractivity contribution in [3.05, 3.63) is 90.2 Å². The summed E-state index contributed by atoms with van der Waals surface area (Å²) in [6, 6.07) is 14.3. The van der Waals surface area contributed by atoms with Crippen LogP contribution in [0.25, 0.3) is 5.57 Å². The van der Waals surface area contributed by atoms with Gasteiger partial charge in [0.1, 0.15) is 6.61 Å². The van der Waals surface area contributed by atoms with Gasteiger partial charge in [-0.2, -0.15) is 0 Å². The molecule has 0 N–H and O–H groups in total. The molecule has 0 saturated heterocycles. The van der Waals surface area contributed by atoms with Crippen LogP contribution in [0.2, 0.25) is 0 Å². The maximum Gasteiger partial charge on any atom is 0.212 e. The van der Waals surface area contributed by atoms with E-state index in [2.05, 4.69) is 66.5 Å². The minimum atomic E-state index is 0.517. The van der Waals surface area contributed by atoms with Crippen molar-refractivity contribution in [2.45, 2.75) is 40.5 Å². The first kappa shape index (κ1) is 23.1.